The average molecular weight is 501 g/mol. The Hall–Kier alpha value is -4.50. The van der Waals surface area contributed by atoms with Crippen LogP contribution in [0.15, 0.2) is 73.1 Å². The van der Waals surface area contributed by atoms with Crippen LogP contribution in [-0.4, -0.2) is 51.0 Å². The summed E-state index contributed by atoms with van der Waals surface area (Å²) >= 11 is 0. The molecule has 1 unspecified atom stereocenters. The highest BCUT2D eigenvalue weighted by Gasteiger charge is 2.26. The summed E-state index contributed by atoms with van der Waals surface area (Å²) in [6.45, 7) is 2.67. The zero-order chi connectivity index (χ0) is 25.9. The number of halogens is 1. The van der Waals surface area contributed by atoms with Gasteiger partial charge in [0.1, 0.15) is 17.3 Å². The van der Waals surface area contributed by atoms with Gasteiger partial charge in [-0.05, 0) is 61.4 Å². The van der Waals surface area contributed by atoms with Gasteiger partial charge in [-0.25, -0.2) is 4.39 Å². The number of carbonyl (C=O) groups excluding carboxylic acids is 2. The van der Waals surface area contributed by atoms with E-state index in [0.29, 0.717) is 53.5 Å². The molecule has 2 amide bonds. The zero-order valence-corrected chi connectivity index (χ0v) is 20.1. The summed E-state index contributed by atoms with van der Waals surface area (Å²) in [5.41, 5.74) is 2.95. The van der Waals surface area contributed by atoms with Crippen molar-refractivity contribution in [2.24, 2.45) is 0 Å². The van der Waals surface area contributed by atoms with Gasteiger partial charge in [-0.3, -0.25) is 14.6 Å². The molecule has 0 spiro atoms. The maximum absolute atomic E-state index is 14.1. The lowest BCUT2D eigenvalue weighted by Crippen LogP contribution is -2.29. The van der Waals surface area contributed by atoms with Gasteiger partial charge in [-0.15, -0.1) is 0 Å². The van der Waals surface area contributed by atoms with E-state index in [2.05, 4.69) is 15.3 Å². The molecule has 0 saturated carbocycles. The Morgan fingerprint density at radius 2 is 1.95 bits per heavy atom. The standard InChI is InChI=1S/C28H25FN4O4/c1-17-5-6-23(29)24(11-17)32-27(35)18-3-2-4-21(12-18)37-22-7-9-30-26(14-22)25-13-19(15-31-25)28(36)33-10-8-20(34)16-33/h2-7,9,11-15,20,31,34H,8,10,16H2,1H3,(H,32,35). The minimum atomic E-state index is -0.511. The van der Waals surface area contributed by atoms with E-state index < -0.39 is 17.8 Å². The second kappa shape index (κ2) is 10.2. The molecular weight excluding hydrogens is 475 g/mol. The molecule has 2 aromatic carbocycles. The molecule has 1 saturated heterocycles. The van der Waals surface area contributed by atoms with Crippen LogP contribution in [0, 0.1) is 12.7 Å². The van der Waals surface area contributed by atoms with Crippen LogP contribution in [-0.2, 0) is 0 Å². The predicted molar refractivity (Wildman–Crippen MR) is 136 cm³/mol. The second-order valence-electron chi connectivity index (χ2n) is 8.94. The lowest BCUT2D eigenvalue weighted by Gasteiger charge is -2.13. The molecule has 188 valence electrons. The van der Waals surface area contributed by atoms with Gasteiger partial charge in [0, 0.05) is 37.1 Å². The number of ether oxygens (including phenoxy) is 1. The number of aromatic nitrogens is 2. The van der Waals surface area contributed by atoms with Crippen LogP contribution in [0.2, 0.25) is 0 Å². The highest BCUT2D eigenvalue weighted by molar-refractivity contribution is 6.04. The fourth-order valence-electron chi connectivity index (χ4n) is 4.16. The molecule has 0 bridgehead atoms. The van der Waals surface area contributed by atoms with E-state index in [1.54, 1.807) is 71.9 Å². The number of aliphatic hydroxyl groups excluding tert-OH is 1. The molecule has 1 atom stereocenters. The number of aromatic amines is 1. The third-order valence-electron chi connectivity index (χ3n) is 6.09. The molecule has 0 radical (unpaired) electrons. The smallest absolute Gasteiger partial charge is 0.255 e. The SMILES string of the molecule is Cc1ccc(F)c(NC(=O)c2cccc(Oc3ccnc(-c4cc(C(=O)N5CCC(O)C5)c[nH]4)c3)c2)c1. The van der Waals surface area contributed by atoms with Crippen molar-refractivity contribution in [1.29, 1.82) is 0 Å². The van der Waals surface area contributed by atoms with Crippen LogP contribution in [0.1, 0.15) is 32.7 Å². The van der Waals surface area contributed by atoms with Crippen molar-refractivity contribution in [3.8, 4) is 22.9 Å². The van der Waals surface area contributed by atoms with Gasteiger partial charge >= 0.3 is 0 Å². The number of amides is 2. The highest BCUT2D eigenvalue weighted by Crippen LogP contribution is 2.27. The Bertz CT molecular complexity index is 1470. The molecule has 37 heavy (non-hydrogen) atoms. The number of nitrogens with zero attached hydrogens (tertiary/aromatic N) is 2. The zero-order valence-electron chi connectivity index (χ0n) is 20.1. The maximum atomic E-state index is 14.1. The number of rotatable bonds is 6. The number of likely N-dealkylation sites (tertiary alicyclic amines) is 1. The van der Waals surface area contributed by atoms with E-state index in [9.17, 15) is 19.1 Å². The second-order valence-corrected chi connectivity index (χ2v) is 8.94. The number of H-pyrrole nitrogens is 1. The topological polar surface area (TPSA) is 108 Å². The number of aliphatic hydroxyl groups is 1. The molecule has 2 aromatic heterocycles. The molecule has 5 rings (SSSR count). The van der Waals surface area contributed by atoms with E-state index in [1.807, 2.05) is 6.92 Å². The van der Waals surface area contributed by atoms with Gasteiger partial charge in [0.25, 0.3) is 11.8 Å². The summed E-state index contributed by atoms with van der Waals surface area (Å²) in [4.78, 5) is 34.4. The fraction of sp³-hybridized carbons (Fsp3) is 0.179. The monoisotopic (exact) mass is 500 g/mol. The van der Waals surface area contributed by atoms with Gasteiger partial charge in [0.05, 0.1) is 28.7 Å². The minimum Gasteiger partial charge on any atom is -0.457 e. The Morgan fingerprint density at radius 1 is 1.11 bits per heavy atom. The van der Waals surface area contributed by atoms with Gasteiger partial charge < -0.3 is 25.0 Å². The maximum Gasteiger partial charge on any atom is 0.255 e. The first kappa shape index (κ1) is 24.2. The van der Waals surface area contributed by atoms with Crippen LogP contribution in [0.4, 0.5) is 10.1 Å². The average Bonchev–Trinajstić information content (AvgIpc) is 3.56. The van der Waals surface area contributed by atoms with E-state index >= 15 is 0 Å². The molecule has 1 aliphatic rings. The van der Waals surface area contributed by atoms with Crippen LogP contribution >= 0.6 is 0 Å². The predicted octanol–water partition coefficient (Wildman–Crippen LogP) is 4.78. The van der Waals surface area contributed by atoms with Crippen LogP contribution in [0.3, 0.4) is 0 Å². The quantitative estimate of drug-likeness (QED) is 0.353. The summed E-state index contributed by atoms with van der Waals surface area (Å²) in [5.74, 6) is -0.212. The molecule has 0 aliphatic carbocycles. The molecule has 4 aromatic rings. The Balaban J connectivity index is 1.29. The van der Waals surface area contributed by atoms with E-state index in [1.165, 1.54) is 6.07 Å². The van der Waals surface area contributed by atoms with Crippen LogP contribution < -0.4 is 10.1 Å². The summed E-state index contributed by atoms with van der Waals surface area (Å²) in [5, 5.41) is 12.3. The largest absolute Gasteiger partial charge is 0.457 e. The van der Waals surface area contributed by atoms with Crippen molar-refractivity contribution in [2.45, 2.75) is 19.4 Å². The number of aryl methyl sites for hydroxylation is 1. The molecule has 3 N–H and O–H groups in total. The third-order valence-corrected chi connectivity index (χ3v) is 6.09. The van der Waals surface area contributed by atoms with E-state index in [4.69, 9.17) is 4.74 Å². The van der Waals surface area contributed by atoms with E-state index in [-0.39, 0.29) is 11.6 Å². The first-order valence-electron chi connectivity index (χ1n) is 11.8. The first-order chi connectivity index (χ1) is 17.9. The number of pyridine rings is 1. The van der Waals surface area contributed by atoms with Crippen molar-refractivity contribution in [1.82, 2.24) is 14.9 Å². The van der Waals surface area contributed by atoms with Crippen molar-refractivity contribution >= 4 is 17.5 Å². The normalized spacial score (nSPS) is 15.0. The number of benzene rings is 2. The summed E-state index contributed by atoms with van der Waals surface area (Å²) < 4.78 is 20.0. The van der Waals surface area contributed by atoms with E-state index in [0.717, 1.165) is 5.56 Å². The summed E-state index contributed by atoms with van der Waals surface area (Å²) in [7, 11) is 0. The van der Waals surface area contributed by atoms with Gasteiger partial charge in [0.2, 0.25) is 0 Å². The fourth-order valence-corrected chi connectivity index (χ4v) is 4.16. The number of nitrogens with one attached hydrogen (secondary N) is 2. The van der Waals surface area contributed by atoms with Crippen molar-refractivity contribution < 1.29 is 23.8 Å². The lowest BCUT2D eigenvalue weighted by molar-refractivity contribution is 0.0765. The summed E-state index contributed by atoms with van der Waals surface area (Å²) in [6, 6.07) is 16.2. The number of hydrogen-bond acceptors (Lipinski definition) is 5. The molecule has 1 aliphatic heterocycles. The highest BCUT2D eigenvalue weighted by atomic mass is 19.1. The van der Waals surface area contributed by atoms with Crippen LogP contribution in [0.25, 0.3) is 11.4 Å². The third kappa shape index (κ3) is 5.52. The van der Waals surface area contributed by atoms with Crippen LogP contribution in [0.5, 0.6) is 11.5 Å². The Labute approximate surface area is 212 Å². The minimum absolute atomic E-state index is 0.111. The molecule has 9 heteroatoms. The lowest BCUT2D eigenvalue weighted by atomic mass is 10.1. The Kier molecular flexibility index (Phi) is 6.70. The van der Waals surface area contributed by atoms with Crippen molar-refractivity contribution in [3.05, 3.63) is 95.6 Å². The molecular formula is C28H25FN4O4. The first-order valence-corrected chi connectivity index (χ1v) is 11.8. The summed E-state index contributed by atoms with van der Waals surface area (Å²) in [6.07, 6.45) is 3.30. The van der Waals surface area contributed by atoms with Crippen molar-refractivity contribution in [2.75, 3.05) is 18.4 Å². The molecule has 3 heterocycles. The number of β-amino-alcohol motifs (C(OH)–C–C–N with tert-alkyl or cyclic N) is 1. The Morgan fingerprint density at radius 3 is 2.76 bits per heavy atom. The van der Waals surface area contributed by atoms with Gasteiger partial charge in [-0.1, -0.05) is 12.1 Å². The van der Waals surface area contributed by atoms with Gasteiger partial charge in [-0.2, -0.15) is 0 Å². The number of carbonyl (C=O) groups is 2. The number of anilines is 1. The van der Waals surface area contributed by atoms with Crippen molar-refractivity contribution in [3.63, 3.8) is 0 Å². The number of hydrogen-bond donors (Lipinski definition) is 3. The van der Waals surface area contributed by atoms with Gasteiger partial charge in [0.15, 0.2) is 0 Å². The molecule has 8 nitrogen and oxygen atoms in total. The molecule has 1 fully saturated rings.